The maximum Gasteiger partial charge on any atom is 0.0731 e. The van der Waals surface area contributed by atoms with Gasteiger partial charge in [-0.2, -0.15) is 0 Å². The van der Waals surface area contributed by atoms with Crippen LogP contribution in [-0.4, -0.2) is 48.8 Å². The third kappa shape index (κ3) is 2.59. The fourth-order valence-electron chi connectivity index (χ4n) is 4.35. The van der Waals surface area contributed by atoms with Crippen LogP contribution in [0.15, 0.2) is 0 Å². The Labute approximate surface area is 111 Å². The number of nitrogens with zero attached hydrogens (tertiary/aromatic N) is 1. The molecule has 2 saturated carbocycles. The summed E-state index contributed by atoms with van der Waals surface area (Å²) in [6.45, 7) is 5.48. The van der Waals surface area contributed by atoms with Crippen molar-refractivity contribution in [1.82, 2.24) is 10.2 Å². The normalized spacial score (nSPS) is 41.8. The maximum absolute atomic E-state index is 5.94. The van der Waals surface area contributed by atoms with Gasteiger partial charge in [0.1, 0.15) is 0 Å². The highest BCUT2D eigenvalue weighted by atomic mass is 16.5. The van der Waals surface area contributed by atoms with Crippen molar-refractivity contribution in [1.29, 1.82) is 0 Å². The minimum atomic E-state index is 0.554. The minimum Gasteiger partial charge on any atom is -0.375 e. The Morgan fingerprint density at radius 3 is 2.94 bits per heavy atom. The van der Waals surface area contributed by atoms with E-state index in [1.54, 1.807) is 0 Å². The summed E-state index contributed by atoms with van der Waals surface area (Å²) in [6.07, 6.45) is 10.1. The van der Waals surface area contributed by atoms with Crippen LogP contribution < -0.4 is 5.32 Å². The molecular formula is C15H28N2O. The van der Waals surface area contributed by atoms with Crippen molar-refractivity contribution in [3.8, 4) is 0 Å². The van der Waals surface area contributed by atoms with Crippen LogP contribution in [0.3, 0.4) is 0 Å². The van der Waals surface area contributed by atoms with Crippen molar-refractivity contribution >= 4 is 0 Å². The molecule has 1 N–H and O–H groups in total. The van der Waals surface area contributed by atoms with Gasteiger partial charge < -0.3 is 10.1 Å². The van der Waals surface area contributed by atoms with E-state index in [1.165, 1.54) is 51.5 Å². The van der Waals surface area contributed by atoms with E-state index in [0.717, 1.165) is 31.3 Å². The fraction of sp³-hybridized carbons (Fsp3) is 1.00. The average molecular weight is 252 g/mol. The molecular weight excluding hydrogens is 224 g/mol. The molecule has 0 radical (unpaired) electrons. The van der Waals surface area contributed by atoms with E-state index in [1.807, 2.05) is 0 Å². The standard InChI is InChI=1S/C15H28N2O/c1-2-16-12-5-3-6-13(11-12)17-9-10-18-15-8-4-7-14(15)17/h12-16H,2-11H2,1H3. The molecule has 0 bridgehead atoms. The monoisotopic (exact) mass is 252 g/mol. The molecule has 0 aromatic heterocycles. The maximum atomic E-state index is 5.94. The molecule has 104 valence electrons. The molecule has 0 aromatic rings. The van der Waals surface area contributed by atoms with E-state index >= 15 is 0 Å². The molecule has 18 heavy (non-hydrogen) atoms. The topological polar surface area (TPSA) is 24.5 Å². The number of nitrogens with one attached hydrogen (secondary N) is 1. The van der Waals surface area contributed by atoms with Crippen LogP contribution in [0.1, 0.15) is 51.9 Å². The zero-order valence-electron chi connectivity index (χ0n) is 11.7. The van der Waals surface area contributed by atoms with Crippen LogP contribution in [-0.2, 0) is 4.74 Å². The molecule has 3 nitrogen and oxygen atoms in total. The SMILES string of the molecule is CCNC1CCCC(N2CCOC3CCCC32)C1. The zero-order chi connectivity index (χ0) is 12.4. The molecule has 3 rings (SSSR count). The first-order valence-electron chi connectivity index (χ1n) is 7.99. The summed E-state index contributed by atoms with van der Waals surface area (Å²) in [4.78, 5) is 2.81. The highest BCUT2D eigenvalue weighted by molar-refractivity contribution is 4.94. The summed E-state index contributed by atoms with van der Waals surface area (Å²) < 4.78 is 5.94. The Morgan fingerprint density at radius 1 is 1.17 bits per heavy atom. The third-order valence-corrected chi connectivity index (χ3v) is 5.13. The molecule has 1 aliphatic heterocycles. The molecule has 1 saturated heterocycles. The van der Waals surface area contributed by atoms with Gasteiger partial charge in [0.2, 0.25) is 0 Å². The number of rotatable bonds is 3. The average Bonchev–Trinajstić information content (AvgIpc) is 2.87. The first-order chi connectivity index (χ1) is 8.88. The van der Waals surface area contributed by atoms with E-state index in [0.29, 0.717) is 6.10 Å². The molecule has 3 heteroatoms. The minimum absolute atomic E-state index is 0.554. The molecule has 1 heterocycles. The summed E-state index contributed by atoms with van der Waals surface area (Å²) in [7, 11) is 0. The summed E-state index contributed by atoms with van der Waals surface area (Å²) >= 11 is 0. The van der Waals surface area contributed by atoms with Gasteiger partial charge in [-0.1, -0.05) is 13.3 Å². The third-order valence-electron chi connectivity index (χ3n) is 5.13. The van der Waals surface area contributed by atoms with Crippen LogP contribution in [0.2, 0.25) is 0 Å². The van der Waals surface area contributed by atoms with E-state index in [2.05, 4.69) is 17.1 Å². The van der Waals surface area contributed by atoms with Crippen molar-refractivity contribution in [3.05, 3.63) is 0 Å². The lowest BCUT2D eigenvalue weighted by Crippen LogP contribution is -2.55. The predicted octanol–water partition coefficient (Wildman–Crippen LogP) is 2.16. The van der Waals surface area contributed by atoms with Gasteiger partial charge in [-0.15, -0.1) is 0 Å². The smallest absolute Gasteiger partial charge is 0.0731 e. The lowest BCUT2D eigenvalue weighted by atomic mass is 9.88. The van der Waals surface area contributed by atoms with Gasteiger partial charge >= 0.3 is 0 Å². The van der Waals surface area contributed by atoms with Crippen molar-refractivity contribution in [3.63, 3.8) is 0 Å². The number of ether oxygens (including phenoxy) is 1. The van der Waals surface area contributed by atoms with Gasteiger partial charge in [0.05, 0.1) is 12.7 Å². The Bertz CT molecular complexity index is 269. The van der Waals surface area contributed by atoms with E-state index in [-0.39, 0.29) is 0 Å². The first kappa shape index (κ1) is 12.9. The van der Waals surface area contributed by atoms with Gasteiger partial charge in [-0.3, -0.25) is 4.90 Å². The number of hydrogen-bond donors (Lipinski definition) is 1. The number of hydrogen-bond acceptors (Lipinski definition) is 3. The van der Waals surface area contributed by atoms with Crippen molar-refractivity contribution < 1.29 is 4.74 Å². The van der Waals surface area contributed by atoms with Crippen LogP contribution >= 0.6 is 0 Å². The van der Waals surface area contributed by atoms with Gasteiger partial charge in [0, 0.05) is 24.7 Å². The molecule has 3 fully saturated rings. The quantitative estimate of drug-likeness (QED) is 0.833. The highest BCUT2D eigenvalue weighted by Gasteiger charge is 2.40. The Hall–Kier alpha value is -0.120. The first-order valence-corrected chi connectivity index (χ1v) is 7.99. The van der Waals surface area contributed by atoms with Crippen molar-refractivity contribution in [2.45, 2.75) is 76.1 Å². The van der Waals surface area contributed by atoms with Gasteiger partial charge in [-0.05, 0) is 45.1 Å². The largest absolute Gasteiger partial charge is 0.375 e. The Kier molecular flexibility index (Phi) is 4.22. The van der Waals surface area contributed by atoms with E-state index in [4.69, 9.17) is 4.74 Å². The lowest BCUT2D eigenvalue weighted by Gasteiger charge is -2.45. The zero-order valence-corrected chi connectivity index (χ0v) is 11.7. The second kappa shape index (κ2) is 5.89. The summed E-state index contributed by atoms with van der Waals surface area (Å²) in [5, 5.41) is 3.66. The molecule has 3 aliphatic rings. The Balaban J connectivity index is 1.62. The fourth-order valence-corrected chi connectivity index (χ4v) is 4.35. The summed E-state index contributed by atoms with van der Waals surface area (Å²) in [6, 6.07) is 2.32. The predicted molar refractivity (Wildman–Crippen MR) is 73.8 cm³/mol. The Morgan fingerprint density at radius 2 is 2.06 bits per heavy atom. The van der Waals surface area contributed by atoms with Crippen LogP contribution in [0.25, 0.3) is 0 Å². The summed E-state index contributed by atoms with van der Waals surface area (Å²) in [5.74, 6) is 0. The van der Waals surface area contributed by atoms with Crippen LogP contribution in [0.4, 0.5) is 0 Å². The molecule has 0 spiro atoms. The van der Waals surface area contributed by atoms with Gasteiger partial charge in [0.25, 0.3) is 0 Å². The lowest BCUT2D eigenvalue weighted by molar-refractivity contribution is -0.0779. The van der Waals surface area contributed by atoms with Gasteiger partial charge in [0.15, 0.2) is 0 Å². The second-order valence-corrected chi connectivity index (χ2v) is 6.22. The molecule has 4 unspecified atom stereocenters. The molecule has 4 atom stereocenters. The number of morpholine rings is 1. The molecule has 0 amide bonds. The van der Waals surface area contributed by atoms with Crippen molar-refractivity contribution in [2.75, 3.05) is 19.7 Å². The highest BCUT2D eigenvalue weighted by Crippen LogP contribution is 2.34. The van der Waals surface area contributed by atoms with Crippen LogP contribution in [0, 0.1) is 0 Å². The van der Waals surface area contributed by atoms with Crippen LogP contribution in [0.5, 0.6) is 0 Å². The number of fused-ring (bicyclic) bond motifs is 1. The molecule has 0 aromatic carbocycles. The summed E-state index contributed by atoms with van der Waals surface area (Å²) in [5.41, 5.74) is 0. The van der Waals surface area contributed by atoms with E-state index in [9.17, 15) is 0 Å². The van der Waals surface area contributed by atoms with Gasteiger partial charge in [-0.25, -0.2) is 0 Å². The molecule has 2 aliphatic carbocycles. The second-order valence-electron chi connectivity index (χ2n) is 6.22. The van der Waals surface area contributed by atoms with Crippen molar-refractivity contribution in [2.24, 2.45) is 0 Å². The van der Waals surface area contributed by atoms with E-state index < -0.39 is 0 Å².